The molecule has 9 rings (SSSR count). The third-order valence-corrected chi connectivity index (χ3v) is 7.33. The minimum absolute atomic E-state index is 0.443. The van der Waals surface area contributed by atoms with Crippen molar-refractivity contribution in [2.45, 2.75) is 0 Å². The molecule has 46 heavy (non-hydrogen) atoms. The fourth-order valence-corrected chi connectivity index (χ4v) is 5.38. The zero-order valence-electron chi connectivity index (χ0n) is 52.1. The lowest BCUT2D eigenvalue weighted by Gasteiger charge is -2.20. The van der Waals surface area contributed by atoms with Crippen molar-refractivity contribution in [3.05, 3.63) is 181 Å². The summed E-state index contributed by atoms with van der Waals surface area (Å²) in [4.78, 5) is 0. The van der Waals surface area contributed by atoms with Gasteiger partial charge in [0, 0.05) is 0 Å². The van der Waals surface area contributed by atoms with Crippen LogP contribution in [0.5, 0.6) is 0 Å². The lowest BCUT2D eigenvalue weighted by molar-refractivity contribution is 1.62. The molecule has 0 aromatic heterocycles. The molecule has 214 valence electrons. The first-order valence-corrected chi connectivity index (χ1v) is 13.6. The molecule has 0 nitrogen and oxygen atoms in total. The third-order valence-electron chi connectivity index (χ3n) is 7.33. The van der Waals surface area contributed by atoms with E-state index in [-0.39, 0.29) is 0 Å². The summed E-state index contributed by atoms with van der Waals surface area (Å²) in [6.45, 7) is 0. The van der Waals surface area contributed by atoms with Gasteiger partial charge in [-0.2, -0.15) is 0 Å². The van der Waals surface area contributed by atoms with Gasteiger partial charge in [0.2, 0.25) is 0 Å². The zero-order chi connectivity index (χ0) is 55.7. The van der Waals surface area contributed by atoms with Crippen molar-refractivity contribution in [1.82, 2.24) is 0 Å². The normalized spacial score (nSPS) is 20.3. The van der Waals surface area contributed by atoms with E-state index in [1.54, 1.807) is 0 Å². The van der Waals surface area contributed by atoms with Gasteiger partial charge in [-0.3, -0.25) is 0 Å². The van der Waals surface area contributed by atoms with Gasteiger partial charge in [0.05, 0.1) is 39.8 Å². The Labute approximate surface area is 309 Å². The summed E-state index contributed by atoms with van der Waals surface area (Å²) in [6.07, 6.45) is 0. The molecule has 0 amide bonds. The largest absolute Gasteiger partial charge is 0.0636 e. The summed E-state index contributed by atoms with van der Waals surface area (Å²) in [5.74, 6) is 0. The van der Waals surface area contributed by atoms with Crippen LogP contribution in [-0.4, -0.2) is 0 Å². The van der Waals surface area contributed by atoms with E-state index in [9.17, 15) is 13.7 Å². The smallest absolute Gasteiger partial charge is 0.0622 e. The maximum atomic E-state index is 10.1. The van der Waals surface area contributed by atoms with Crippen LogP contribution in [0.25, 0.3) is 87.6 Å². The van der Waals surface area contributed by atoms with Crippen LogP contribution >= 0.6 is 0 Å². The number of hydrogen-bond donors (Lipinski definition) is 0. The number of hydrogen-bond acceptors (Lipinski definition) is 0. The Hall–Kier alpha value is -5.98. The lowest BCUT2D eigenvalue weighted by Crippen LogP contribution is -1.93. The summed E-state index contributed by atoms with van der Waals surface area (Å²) >= 11 is 0. The Kier molecular flexibility index (Phi) is 2.43. The van der Waals surface area contributed by atoms with Crippen LogP contribution in [0, 0.1) is 0 Å². The van der Waals surface area contributed by atoms with Gasteiger partial charge < -0.3 is 0 Å². The molecular formula is C46H30. The van der Waals surface area contributed by atoms with Gasteiger partial charge in [0.15, 0.2) is 0 Å². The summed E-state index contributed by atoms with van der Waals surface area (Å²) in [7, 11) is 0. The summed E-state index contributed by atoms with van der Waals surface area (Å²) < 4.78 is 262. The second-order valence-electron chi connectivity index (χ2n) is 9.83. The first kappa shape index (κ1) is 10.3. The number of rotatable bonds is 4. The maximum absolute atomic E-state index is 10.1. The Morgan fingerprint density at radius 3 is 1.67 bits per heavy atom. The van der Waals surface area contributed by atoms with E-state index in [0.29, 0.717) is 0 Å². The van der Waals surface area contributed by atoms with E-state index in [1.165, 1.54) is 0 Å². The molecular weight excluding hydrogens is 553 g/mol. The fourth-order valence-electron chi connectivity index (χ4n) is 5.38. The van der Waals surface area contributed by atoms with Crippen molar-refractivity contribution in [1.29, 1.82) is 0 Å². The molecule has 0 spiro atoms. The molecule has 0 radical (unpaired) electrons. The molecule has 0 heterocycles. The summed E-state index contributed by atoms with van der Waals surface area (Å²) in [5, 5.41) is -5.56. The minimum atomic E-state index is -1.15. The van der Waals surface area contributed by atoms with Crippen LogP contribution in [0.2, 0.25) is 0 Å². The van der Waals surface area contributed by atoms with Crippen LogP contribution in [0.1, 0.15) is 39.8 Å². The highest BCUT2D eigenvalue weighted by Gasteiger charge is 2.19. The highest BCUT2D eigenvalue weighted by atomic mass is 14.2. The predicted octanol–water partition coefficient (Wildman–Crippen LogP) is 13.0. The number of fused-ring (bicyclic) bond motifs is 4. The van der Waals surface area contributed by atoms with E-state index in [0.717, 1.165) is 6.07 Å². The van der Waals surface area contributed by atoms with Gasteiger partial charge in [-0.1, -0.05) is 169 Å². The Bertz CT molecular complexity index is 4170. The molecule has 0 fully saturated rings. The second kappa shape index (κ2) is 10.9. The van der Waals surface area contributed by atoms with Gasteiger partial charge in [0.1, 0.15) is 0 Å². The molecule has 9 aromatic rings. The van der Waals surface area contributed by atoms with Crippen molar-refractivity contribution < 1.29 is 39.8 Å². The predicted molar refractivity (Wildman–Crippen MR) is 198 cm³/mol. The van der Waals surface area contributed by atoms with Crippen molar-refractivity contribution >= 4 is 43.1 Å². The number of benzene rings is 9. The van der Waals surface area contributed by atoms with Crippen molar-refractivity contribution in [3.8, 4) is 44.5 Å². The van der Waals surface area contributed by atoms with Crippen LogP contribution < -0.4 is 0 Å². The van der Waals surface area contributed by atoms with E-state index in [1.807, 2.05) is 0 Å². The average Bonchev–Trinajstić information content (AvgIpc) is 3.37. The second-order valence-corrected chi connectivity index (χ2v) is 9.83. The molecule has 0 unspecified atom stereocenters. The monoisotopic (exact) mass is 611 g/mol. The van der Waals surface area contributed by atoms with E-state index in [2.05, 4.69) is 0 Å². The molecule has 9 aromatic carbocycles. The fraction of sp³-hybridized carbons (Fsp3) is 0. The molecule has 0 atom stereocenters. The van der Waals surface area contributed by atoms with Gasteiger partial charge in [0.25, 0.3) is 0 Å². The SMILES string of the molecule is [2H]c1cc2c(-c3c4c([2H])c([2H])c([2H])c([2H])c4c(-c4c([2H])c([2H])c([2H])c(-c5c([2H])c([2H])c([2H])c6c([2H])c([2H])c([2H])c([2H])c56)c4[2H])c4c([2H])c(-c5c([2H])c([2H])c([2H])c([2H])c5[2H])c([2H])c([2H])c34)c([2H])c([2H])c([2H])c2c([2H])c1[2H]. The summed E-state index contributed by atoms with van der Waals surface area (Å²) in [5.41, 5.74) is -6.67. The van der Waals surface area contributed by atoms with E-state index < -0.39 is 263 Å². The molecule has 0 N–H and O–H groups in total. The van der Waals surface area contributed by atoms with Gasteiger partial charge in [-0.25, -0.2) is 0 Å². The zero-order valence-corrected chi connectivity index (χ0v) is 23.1. The van der Waals surface area contributed by atoms with E-state index >= 15 is 0 Å². The molecule has 0 aliphatic carbocycles. The topological polar surface area (TPSA) is 0 Å². The van der Waals surface area contributed by atoms with Crippen LogP contribution in [0.3, 0.4) is 0 Å². The highest BCUT2D eigenvalue weighted by Crippen LogP contribution is 2.46. The molecule has 0 aliphatic rings. The third kappa shape index (κ3) is 4.30. The van der Waals surface area contributed by atoms with Gasteiger partial charge in [-0.05, 0) is 99.7 Å². The summed E-state index contributed by atoms with van der Waals surface area (Å²) in [6, 6.07) is -27.3. The lowest BCUT2D eigenvalue weighted by atomic mass is 9.83. The average molecular weight is 612 g/mol. The molecule has 0 saturated carbocycles. The highest BCUT2D eigenvalue weighted by molar-refractivity contribution is 6.24. The van der Waals surface area contributed by atoms with Crippen LogP contribution in [0.15, 0.2) is 181 Å². The first-order chi connectivity index (χ1) is 34.9. The standard InChI is InChI=1S/C46H30/c1-2-13-31(14-3-1)34-27-28-43-44(30-34)45(36-20-10-19-35(29-36)39-25-11-17-32-15-4-6-21-37(32)39)41-23-8-9-24-42(41)46(43)40-26-12-18-33-16-5-7-22-38(33)40/h1-30H/i1D,2D,3D,4D,5D,6D,7D,8D,9D,10D,11D,12D,13D,14D,15D,16D,17D,18D,19D,20D,21D,23D,24D,25D,26D,27D,28D,29D,30D. The minimum Gasteiger partial charge on any atom is -0.0622 e. The van der Waals surface area contributed by atoms with Crippen molar-refractivity contribution in [3.63, 3.8) is 0 Å². The maximum Gasteiger partial charge on any atom is 0.0636 e. The van der Waals surface area contributed by atoms with Crippen molar-refractivity contribution in [2.75, 3.05) is 0 Å². The molecule has 0 bridgehead atoms. The first-order valence-electron chi connectivity index (χ1n) is 28.1. The molecule has 0 saturated heterocycles. The Morgan fingerprint density at radius 1 is 0.283 bits per heavy atom. The van der Waals surface area contributed by atoms with Crippen LogP contribution in [0.4, 0.5) is 0 Å². The van der Waals surface area contributed by atoms with Crippen molar-refractivity contribution in [2.24, 2.45) is 0 Å². The van der Waals surface area contributed by atoms with E-state index in [4.69, 9.17) is 26.0 Å². The quantitative estimate of drug-likeness (QED) is 0.174. The Morgan fingerprint density at radius 2 is 0.848 bits per heavy atom. The van der Waals surface area contributed by atoms with Gasteiger partial charge in [-0.15, -0.1) is 0 Å². The molecule has 0 heteroatoms. The van der Waals surface area contributed by atoms with Gasteiger partial charge >= 0.3 is 0 Å². The van der Waals surface area contributed by atoms with Crippen LogP contribution in [-0.2, 0) is 0 Å². The Balaban J connectivity index is 1.70. The molecule has 0 aliphatic heterocycles.